The van der Waals surface area contributed by atoms with Gasteiger partial charge >= 0.3 is 6.03 Å². The zero-order valence-electron chi connectivity index (χ0n) is 14.6. The van der Waals surface area contributed by atoms with Crippen LogP contribution in [-0.4, -0.2) is 29.4 Å². The highest BCUT2D eigenvalue weighted by atomic mass is 16.2. The molecule has 3 amide bonds. The third-order valence-corrected chi connectivity index (χ3v) is 4.52. The second-order valence-electron chi connectivity index (χ2n) is 6.45. The van der Waals surface area contributed by atoms with Gasteiger partial charge in [0.25, 0.3) is 0 Å². The Morgan fingerprint density at radius 3 is 2.44 bits per heavy atom. The molecule has 1 unspecified atom stereocenters. The maximum absolute atomic E-state index is 12.6. The van der Waals surface area contributed by atoms with Gasteiger partial charge in [-0.2, -0.15) is 0 Å². The summed E-state index contributed by atoms with van der Waals surface area (Å²) in [6.45, 7) is 4.54. The normalized spacial score (nSPS) is 16.6. The first-order valence-corrected chi connectivity index (χ1v) is 8.55. The molecule has 0 spiro atoms. The van der Waals surface area contributed by atoms with E-state index >= 15 is 0 Å². The molecular weight excluding hydrogens is 314 g/mol. The molecule has 0 aromatic heterocycles. The van der Waals surface area contributed by atoms with Crippen LogP contribution in [0.1, 0.15) is 24.0 Å². The van der Waals surface area contributed by atoms with E-state index in [2.05, 4.69) is 10.6 Å². The quantitative estimate of drug-likeness (QED) is 0.891. The highest BCUT2D eigenvalue weighted by molar-refractivity contribution is 5.99. The predicted molar refractivity (Wildman–Crippen MR) is 99.7 cm³/mol. The Hall–Kier alpha value is -2.82. The monoisotopic (exact) mass is 337 g/mol. The third-order valence-electron chi connectivity index (χ3n) is 4.52. The minimum Gasteiger partial charge on any atom is -0.324 e. The van der Waals surface area contributed by atoms with Crippen molar-refractivity contribution in [2.24, 2.45) is 0 Å². The van der Waals surface area contributed by atoms with Crippen molar-refractivity contribution in [3.8, 4) is 0 Å². The van der Waals surface area contributed by atoms with Gasteiger partial charge in [0.15, 0.2) is 0 Å². The SMILES string of the molecule is Cc1ccc(NC(=O)N2CCCC2C(=O)Nc2ccccc2C)cc1. The standard InChI is InChI=1S/C20H23N3O2/c1-14-9-11-16(12-10-14)21-20(25)23-13-5-8-18(23)19(24)22-17-7-4-3-6-15(17)2/h3-4,6-7,9-12,18H,5,8,13H2,1-2H3,(H,21,25)(H,22,24). The Bertz CT molecular complexity index is 771. The summed E-state index contributed by atoms with van der Waals surface area (Å²) in [6, 6.07) is 14.6. The lowest BCUT2D eigenvalue weighted by molar-refractivity contribution is -0.119. The van der Waals surface area contributed by atoms with E-state index in [4.69, 9.17) is 0 Å². The van der Waals surface area contributed by atoms with Gasteiger partial charge in [-0.15, -0.1) is 0 Å². The molecule has 0 saturated carbocycles. The lowest BCUT2D eigenvalue weighted by Crippen LogP contribution is -2.45. The fourth-order valence-electron chi connectivity index (χ4n) is 3.04. The van der Waals surface area contributed by atoms with Gasteiger partial charge in [0.05, 0.1) is 0 Å². The number of nitrogens with one attached hydrogen (secondary N) is 2. The van der Waals surface area contributed by atoms with Gasteiger partial charge < -0.3 is 15.5 Å². The van der Waals surface area contributed by atoms with Crippen LogP contribution in [0, 0.1) is 13.8 Å². The molecule has 5 heteroatoms. The van der Waals surface area contributed by atoms with Crippen LogP contribution in [0.5, 0.6) is 0 Å². The van der Waals surface area contributed by atoms with Crippen molar-refractivity contribution in [2.45, 2.75) is 32.7 Å². The first-order valence-electron chi connectivity index (χ1n) is 8.55. The number of amides is 3. The number of rotatable bonds is 3. The summed E-state index contributed by atoms with van der Waals surface area (Å²) in [6.07, 6.45) is 1.51. The summed E-state index contributed by atoms with van der Waals surface area (Å²) < 4.78 is 0. The number of hydrogen-bond acceptors (Lipinski definition) is 2. The highest BCUT2D eigenvalue weighted by Gasteiger charge is 2.34. The molecule has 3 rings (SSSR count). The largest absolute Gasteiger partial charge is 0.324 e. The molecule has 2 aromatic carbocycles. The number of carbonyl (C=O) groups is 2. The van der Waals surface area contributed by atoms with Crippen LogP contribution in [-0.2, 0) is 4.79 Å². The van der Waals surface area contributed by atoms with E-state index in [-0.39, 0.29) is 11.9 Å². The first-order chi connectivity index (χ1) is 12.0. The maximum Gasteiger partial charge on any atom is 0.322 e. The Labute approximate surface area is 148 Å². The number of anilines is 2. The molecule has 1 heterocycles. The molecule has 1 aliphatic rings. The second kappa shape index (κ2) is 7.38. The molecule has 1 saturated heterocycles. The van der Waals surface area contributed by atoms with E-state index in [1.165, 1.54) is 0 Å². The van der Waals surface area contributed by atoms with E-state index in [9.17, 15) is 9.59 Å². The van der Waals surface area contributed by atoms with E-state index in [0.29, 0.717) is 13.0 Å². The molecule has 1 aliphatic heterocycles. The zero-order chi connectivity index (χ0) is 17.8. The van der Waals surface area contributed by atoms with E-state index in [1.54, 1.807) is 4.90 Å². The van der Waals surface area contributed by atoms with Crippen LogP contribution < -0.4 is 10.6 Å². The molecule has 130 valence electrons. The van der Waals surface area contributed by atoms with Crippen LogP contribution in [0.3, 0.4) is 0 Å². The summed E-state index contributed by atoms with van der Waals surface area (Å²) in [5, 5.41) is 5.83. The van der Waals surface area contributed by atoms with Gasteiger partial charge in [0.2, 0.25) is 5.91 Å². The van der Waals surface area contributed by atoms with Crippen molar-refractivity contribution in [1.82, 2.24) is 4.90 Å². The molecule has 1 fully saturated rings. The third kappa shape index (κ3) is 3.99. The molecular formula is C20H23N3O2. The number of carbonyl (C=O) groups excluding carboxylic acids is 2. The van der Waals surface area contributed by atoms with Crippen LogP contribution in [0.25, 0.3) is 0 Å². The average molecular weight is 337 g/mol. The topological polar surface area (TPSA) is 61.4 Å². The number of urea groups is 1. The molecule has 5 nitrogen and oxygen atoms in total. The molecule has 2 N–H and O–H groups in total. The number of nitrogens with zero attached hydrogens (tertiary/aromatic N) is 1. The Morgan fingerprint density at radius 2 is 1.72 bits per heavy atom. The Morgan fingerprint density at radius 1 is 1.00 bits per heavy atom. The zero-order valence-corrected chi connectivity index (χ0v) is 14.6. The summed E-state index contributed by atoms with van der Waals surface area (Å²) in [5.74, 6) is -0.133. The lowest BCUT2D eigenvalue weighted by Gasteiger charge is -2.24. The summed E-state index contributed by atoms with van der Waals surface area (Å²) in [4.78, 5) is 26.8. The first kappa shape index (κ1) is 17.0. The Balaban J connectivity index is 1.67. The van der Waals surface area contributed by atoms with Gasteiger partial charge in [0.1, 0.15) is 6.04 Å². The minimum atomic E-state index is -0.440. The van der Waals surface area contributed by atoms with Crippen molar-refractivity contribution < 1.29 is 9.59 Å². The van der Waals surface area contributed by atoms with Crippen molar-refractivity contribution in [1.29, 1.82) is 0 Å². The van der Waals surface area contributed by atoms with E-state index in [0.717, 1.165) is 28.9 Å². The number of aryl methyl sites for hydroxylation is 2. The van der Waals surface area contributed by atoms with Crippen molar-refractivity contribution >= 4 is 23.3 Å². The molecule has 0 radical (unpaired) electrons. The van der Waals surface area contributed by atoms with Crippen LogP contribution in [0.4, 0.5) is 16.2 Å². The van der Waals surface area contributed by atoms with Crippen LogP contribution in [0.15, 0.2) is 48.5 Å². The smallest absolute Gasteiger partial charge is 0.322 e. The van der Waals surface area contributed by atoms with Gasteiger partial charge in [-0.25, -0.2) is 4.79 Å². The second-order valence-corrected chi connectivity index (χ2v) is 6.45. The van der Waals surface area contributed by atoms with Crippen molar-refractivity contribution in [3.63, 3.8) is 0 Å². The van der Waals surface area contributed by atoms with Crippen molar-refractivity contribution in [2.75, 3.05) is 17.2 Å². The minimum absolute atomic E-state index is 0.133. The van der Waals surface area contributed by atoms with Gasteiger partial charge in [-0.3, -0.25) is 4.79 Å². The highest BCUT2D eigenvalue weighted by Crippen LogP contribution is 2.22. The Kier molecular flexibility index (Phi) is 5.03. The predicted octanol–water partition coefficient (Wildman–Crippen LogP) is 3.94. The number of likely N-dealkylation sites (tertiary alicyclic amines) is 1. The average Bonchev–Trinajstić information content (AvgIpc) is 3.09. The summed E-state index contributed by atoms with van der Waals surface area (Å²) in [7, 11) is 0. The molecule has 1 atom stereocenters. The van der Waals surface area contributed by atoms with Crippen LogP contribution >= 0.6 is 0 Å². The van der Waals surface area contributed by atoms with Crippen LogP contribution in [0.2, 0.25) is 0 Å². The van der Waals surface area contributed by atoms with Crippen molar-refractivity contribution in [3.05, 3.63) is 59.7 Å². The molecule has 0 aliphatic carbocycles. The van der Waals surface area contributed by atoms with Gasteiger partial charge in [0, 0.05) is 17.9 Å². The summed E-state index contributed by atoms with van der Waals surface area (Å²) in [5.41, 5.74) is 3.66. The van der Waals surface area contributed by atoms with Gasteiger partial charge in [-0.1, -0.05) is 35.9 Å². The lowest BCUT2D eigenvalue weighted by atomic mass is 10.1. The molecule has 0 bridgehead atoms. The maximum atomic E-state index is 12.6. The summed E-state index contributed by atoms with van der Waals surface area (Å²) >= 11 is 0. The number of para-hydroxylation sites is 1. The fraction of sp³-hybridized carbons (Fsp3) is 0.300. The molecule has 25 heavy (non-hydrogen) atoms. The van der Waals surface area contributed by atoms with Gasteiger partial charge in [-0.05, 0) is 50.5 Å². The number of benzene rings is 2. The number of hydrogen-bond donors (Lipinski definition) is 2. The fourth-order valence-corrected chi connectivity index (χ4v) is 3.04. The molecule has 2 aromatic rings. The van der Waals surface area contributed by atoms with E-state index in [1.807, 2.05) is 62.4 Å². The van der Waals surface area contributed by atoms with E-state index < -0.39 is 6.04 Å².